The summed E-state index contributed by atoms with van der Waals surface area (Å²) in [6.07, 6.45) is -2.99. The number of amides is 2. The van der Waals surface area contributed by atoms with Crippen LogP contribution in [-0.4, -0.2) is 16.6 Å². The van der Waals surface area contributed by atoms with Gasteiger partial charge in [0.25, 0.3) is 5.56 Å². The summed E-state index contributed by atoms with van der Waals surface area (Å²) in [6, 6.07) is 3.53. The summed E-state index contributed by atoms with van der Waals surface area (Å²) in [5.41, 5.74) is -1.85. The van der Waals surface area contributed by atoms with Gasteiger partial charge >= 0.3 is 12.2 Å². The van der Waals surface area contributed by atoms with Crippen LogP contribution in [0, 0.1) is 12.7 Å². The number of nitrogens with zero attached hydrogens (tertiary/aromatic N) is 1. The zero-order valence-electron chi connectivity index (χ0n) is 14.7. The molecular formula is C18H16ClF4N3O2. The van der Waals surface area contributed by atoms with Gasteiger partial charge in [-0.2, -0.15) is 13.2 Å². The number of halogens is 5. The highest BCUT2D eigenvalue weighted by atomic mass is 35.5. The number of hydrogen-bond acceptors (Lipinski definition) is 2. The molecule has 1 saturated carbocycles. The number of urea groups is 1. The van der Waals surface area contributed by atoms with Gasteiger partial charge in [-0.1, -0.05) is 11.6 Å². The number of nitrogens with one attached hydrogen (secondary N) is 2. The third kappa shape index (κ3) is 4.46. The first-order chi connectivity index (χ1) is 13.1. The van der Waals surface area contributed by atoms with Crippen molar-refractivity contribution in [1.82, 2.24) is 9.88 Å². The number of rotatable bonds is 4. The average molecular weight is 418 g/mol. The van der Waals surface area contributed by atoms with E-state index in [2.05, 4.69) is 10.6 Å². The van der Waals surface area contributed by atoms with Gasteiger partial charge in [0.1, 0.15) is 11.5 Å². The maximum absolute atomic E-state index is 14.3. The fourth-order valence-electron chi connectivity index (χ4n) is 2.63. The molecule has 0 bridgehead atoms. The van der Waals surface area contributed by atoms with Gasteiger partial charge in [-0.3, -0.25) is 4.79 Å². The standard InChI is InChI=1S/C18H16ClF4N3O2/c1-9-2-5-14(25-17(28)24-12-3-4-12)16(27)26(9)8-10-6-11(18(21,22)23)7-13(19)15(10)20/h2,5-7,12H,3-4,8H2,1H3,(H2,24,25,28). The fraction of sp³-hybridized carbons (Fsp3) is 0.333. The summed E-state index contributed by atoms with van der Waals surface area (Å²) < 4.78 is 54.3. The van der Waals surface area contributed by atoms with Crippen LogP contribution in [0.5, 0.6) is 0 Å². The molecule has 0 spiro atoms. The van der Waals surface area contributed by atoms with Crippen molar-refractivity contribution < 1.29 is 22.4 Å². The van der Waals surface area contributed by atoms with E-state index in [0.717, 1.165) is 17.4 Å². The molecule has 1 fully saturated rings. The molecule has 0 atom stereocenters. The first kappa shape index (κ1) is 20.2. The summed E-state index contributed by atoms with van der Waals surface area (Å²) >= 11 is 5.60. The molecule has 2 aromatic rings. The van der Waals surface area contributed by atoms with Crippen molar-refractivity contribution >= 4 is 23.3 Å². The number of hydrogen-bond donors (Lipinski definition) is 2. The number of pyridine rings is 1. The van der Waals surface area contributed by atoms with Gasteiger partial charge in [-0.25, -0.2) is 9.18 Å². The second-order valence-electron chi connectivity index (χ2n) is 6.58. The van der Waals surface area contributed by atoms with Gasteiger partial charge in [0.2, 0.25) is 0 Å². The molecule has 1 aromatic carbocycles. The molecule has 1 aromatic heterocycles. The number of benzene rings is 1. The van der Waals surface area contributed by atoms with E-state index in [0.29, 0.717) is 17.8 Å². The Bertz CT molecular complexity index is 984. The van der Waals surface area contributed by atoms with Gasteiger partial charge in [0.15, 0.2) is 0 Å². The lowest BCUT2D eigenvalue weighted by molar-refractivity contribution is -0.137. The quantitative estimate of drug-likeness (QED) is 0.728. The number of carbonyl (C=O) groups is 1. The smallest absolute Gasteiger partial charge is 0.335 e. The minimum absolute atomic E-state index is 0.0674. The van der Waals surface area contributed by atoms with E-state index < -0.39 is 40.7 Å². The first-order valence-electron chi connectivity index (χ1n) is 8.39. The average Bonchev–Trinajstić information content (AvgIpc) is 3.40. The van der Waals surface area contributed by atoms with Crippen LogP contribution in [0.15, 0.2) is 29.1 Å². The molecule has 28 heavy (non-hydrogen) atoms. The predicted octanol–water partition coefficient (Wildman–Crippen LogP) is 4.30. The van der Waals surface area contributed by atoms with Crippen LogP contribution in [0.25, 0.3) is 0 Å². The largest absolute Gasteiger partial charge is 0.416 e. The monoisotopic (exact) mass is 417 g/mol. The summed E-state index contributed by atoms with van der Waals surface area (Å²) in [6.45, 7) is 1.07. The lowest BCUT2D eigenvalue weighted by Crippen LogP contribution is -2.34. The van der Waals surface area contributed by atoms with E-state index in [9.17, 15) is 27.2 Å². The summed E-state index contributed by atoms with van der Waals surface area (Å²) in [4.78, 5) is 24.5. The molecule has 0 saturated heterocycles. The molecule has 5 nitrogen and oxygen atoms in total. The van der Waals surface area contributed by atoms with Crippen molar-refractivity contribution in [2.75, 3.05) is 5.32 Å². The van der Waals surface area contributed by atoms with E-state index >= 15 is 0 Å². The molecule has 10 heteroatoms. The second-order valence-corrected chi connectivity index (χ2v) is 6.99. The SMILES string of the molecule is Cc1ccc(NC(=O)NC2CC2)c(=O)n1Cc1cc(C(F)(F)F)cc(Cl)c1F. The third-order valence-corrected chi connectivity index (χ3v) is 4.59. The Hall–Kier alpha value is -2.55. The maximum atomic E-state index is 14.3. The Morgan fingerprint density at radius 2 is 1.96 bits per heavy atom. The molecule has 1 heterocycles. The number of aromatic nitrogens is 1. The Morgan fingerprint density at radius 3 is 2.57 bits per heavy atom. The Labute approximate surface area is 162 Å². The zero-order chi connectivity index (χ0) is 20.6. The van der Waals surface area contributed by atoms with Crippen LogP contribution in [0.2, 0.25) is 5.02 Å². The van der Waals surface area contributed by atoms with Crippen molar-refractivity contribution in [3.8, 4) is 0 Å². The van der Waals surface area contributed by atoms with Crippen LogP contribution in [0.1, 0.15) is 29.7 Å². The highest BCUT2D eigenvalue weighted by molar-refractivity contribution is 6.30. The molecule has 2 amide bonds. The number of alkyl halides is 3. The van der Waals surface area contributed by atoms with E-state index in [1.807, 2.05) is 0 Å². The van der Waals surface area contributed by atoms with Crippen molar-refractivity contribution in [1.29, 1.82) is 0 Å². The predicted molar refractivity (Wildman–Crippen MR) is 96.1 cm³/mol. The molecule has 0 unspecified atom stereocenters. The van der Waals surface area contributed by atoms with Crippen molar-refractivity contribution in [3.05, 3.63) is 62.3 Å². The lowest BCUT2D eigenvalue weighted by atomic mass is 10.1. The topological polar surface area (TPSA) is 63.1 Å². The molecule has 0 aliphatic heterocycles. The van der Waals surface area contributed by atoms with Gasteiger partial charge in [-0.05, 0) is 44.0 Å². The highest BCUT2D eigenvalue weighted by Gasteiger charge is 2.32. The van der Waals surface area contributed by atoms with E-state index in [1.54, 1.807) is 6.92 Å². The van der Waals surface area contributed by atoms with Crippen molar-refractivity contribution in [3.63, 3.8) is 0 Å². The molecule has 0 radical (unpaired) electrons. The van der Waals surface area contributed by atoms with Crippen LogP contribution >= 0.6 is 11.6 Å². The van der Waals surface area contributed by atoms with Crippen LogP contribution in [0.4, 0.5) is 28.0 Å². The number of anilines is 1. The maximum Gasteiger partial charge on any atom is 0.416 e. The van der Waals surface area contributed by atoms with E-state index in [-0.39, 0.29) is 17.3 Å². The van der Waals surface area contributed by atoms with Crippen LogP contribution in [0.3, 0.4) is 0 Å². The van der Waals surface area contributed by atoms with E-state index in [4.69, 9.17) is 11.6 Å². The van der Waals surface area contributed by atoms with Gasteiger partial charge in [0.05, 0.1) is 17.1 Å². The first-order valence-corrected chi connectivity index (χ1v) is 8.77. The van der Waals surface area contributed by atoms with Gasteiger partial charge < -0.3 is 15.2 Å². The summed E-state index contributed by atoms with van der Waals surface area (Å²) in [5.74, 6) is -1.04. The van der Waals surface area contributed by atoms with Crippen LogP contribution in [-0.2, 0) is 12.7 Å². The normalized spacial score (nSPS) is 14.1. The molecular weight excluding hydrogens is 402 g/mol. The Balaban J connectivity index is 1.94. The van der Waals surface area contributed by atoms with Crippen molar-refractivity contribution in [2.45, 2.75) is 38.5 Å². The molecule has 1 aliphatic carbocycles. The van der Waals surface area contributed by atoms with E-state index in [1.165, 1.54) is 12.1 Å². The van der Waals surface area contributed by atoms with Gasteiger partial charge in [-0.15, -0.1) is 0 Å². The third-order valence-electron chi connectivity index (χ3n) is 4.31. The highest BCUT2D eigenvalue weighted by Crippen LogP contribution is 2.33. The summed E-state index contributed by atoms with van der Waals surface area (Å²) in [7, 11) is 0. The Morgan fingerprint density at radius 1 is 1.29 bits per heavy atom. The minimum atomic E-state index is -4.71. The van der Waals surface area contributed by atoms with Crippen LogP contribution < -0.4 is 16.2 Å². The second kappa shape index (κ2) is 7.46. The molecule has 2 N–H and O–H groups in total. The minimum Gasteiger partial charge on any atom is -0.335 e. The molecule has 150 valence electrons. The summed E-state index contributed by atoms with van der Waals surface area (Å²) in [5, 5.41) is 4.38. The van der Waals surface area contributed by atoms with Crippen molar-refractivity contribution in [2.24, 2.45) is 0 Å². The zero-order valence-corrected chi connectivity index (χ0v) is 15.4. The fourth-order valence-corrected chi connectivity index (χ4v) is 2.87. The number of carbonyl (C=O) groups excluding carboxylic acids is 1. The van der Waals surface area contributed by atoms with Gasteiger partial charge in [0, 0.05) is 17.3 Å². The lowest BCUT2D eigenvalue weighted by Gasteiger charge is -2.15. The number of aryl methyl sites for hydroxylation is 1. The molecule has 3 rings (SSSR count). The Kier molecular flexibility index (Phi) is 5.38. The molecule has 1 aliphatic rings.